The second-order valence-corrected chi connectivity index (χ2v) is 11.3. The Labute approximate surface area is 253 Å². The van der Waals surface area contributed by atoms with E-state index in [4.69, 9.17) is 4.98 Å². The van der Waals surface area contributed by atoms with Crippen LogP contribution in [-0.2, 0) is 26.1 Å². The van der Waals surface area contributed by atoms with E-state index in [0.29, 0.717) is 42.5 Å². The zero-order chi connectivity index (χ0) is 30.8. The Morgan fingerprint density at radius 3 is 2.48 bits per heavy atom. The van der Waals surface area contributed by atoms with E-state index in [2.05, 4.69) is 15.6 Å². The van der Waals surface area contributed by atoms with Crippen LogP contribution in [0.25, 0.3) is 22.3 Å². The van der Waals surface area contributed by atoms with E-state index < -0.39 is 17.1 Å². The fourth-order valence-electron chi connectivity index (χ4n) is 5.50. The molecule has 3 N–H and O–H groups in total. The van der Waals surface area contributed by atoms with Gasteiger partial charge >= 0.3 is 5.69 Å². The van der Waals surface area contributed by atoms with Crippen LogP contribution in [0.3, 0.4) is 0 Å². The first-order chi connectivity index (χ1) is 21.4. The van der Waals surface area contributed by atoms with Gasteiger partial charge in [0.1, 0.15) is 17.2 Å². The predicted molar refractivity (Wildman–Crippen MR) is 168 cm³/mol. The minimum Gasteiger partial charge on any atom is -0.355 e. The number of imidazole rings is 1. The van der Waals surface area contributed by atoms with Crippen molar-refractivity contribution in [1.29, 1.82) is 0 Å². The Morgan fingerprint density at radius 1 is 1.02 bits per heavy atom. The van der Waals surface area contributed by atoms with Crippen LogP contribution in [0.15, 0.2) is 76.3 Å². The zero-order valence-electron chi connectivity index (χ0n) is 24.8. The maximum Gasteiger partial charge on any atom is 0.333 e. The van der Waals surface area contributed by atoms with Gasteiger partial charge in [0.2, 0.25) is 0 Å². The largest absolute Gasteiger partial charge is 0.355 e. The number of amides is 1. The van der Waals surface area contributed by atoms with Gasteiger partial charge in [-0.15, -0.1) is 0 Å². The molecule has 1 aliphatic rings. The lowest BCUT2D eigenvalue weighted by atomic mass is 9.95. The molecule has 0 aliphatic heterocycles. The zero-order valence-corrected chi connectivity index (χ0v) is 24.8. The molecule has 0 saturated heterocycles. The minimum atomic E-state index is -0.520. The number of rotatable bonds is 11. The van der Waals surface area contributed by atoms with Gasteiger partial charge in [0.25, 0.3) is 11.5 Å². The third-order valence-corrected chi connectivity index (χ3v) is 8.11. The molecule has 6 rings (SSSR count). The van der Waals surface area contributed by atoms with Crippen molar-refractivity contribution in [3.8, 4) is 11.1 Å². The molecule has 2 heterocycles. The molecule has 9 nitrogen and oxygen atoms in total. The molecule has 0 radical (unpaired) electrons. The van der Waals surface area contributed by atoms with Crippen LogP contribution in [0.4, 0.5) is 4.39 Å². The number of fused-ring (bicyclic) bond motifs is 1. The lowest BCUT2D eigenvalue weighted by molar-refractivity contribution is 0.0963. The third-order valence-electron chi connectivity index (χ3n) is 8.11. The molecule has 0 bridgehead atoms. The van der Waals surface area contributed by atoms with Crippen LogP contribution in [0.5, 0.6) is 0 Å². The molecule has 226 valence electrons. The van der Waals surface area contributed by atoms with Crippen molar-refractivity contribution in [3.05, 3.63) is 121 Å². The van der Waals surface area contributed by atoms with Gasteiger partial charge in [0, 0.05) is 37.7 Å². The van der Waals surface area contributed by atoms with Crippen molar-refractivity contribution in [1.82, 2.24) is 29.7 Å². The van der Waals surface area contributed by atoms with Crippen molar-refractivity contribution >= 4 is 17.1 Å². The van der Waals surface area contributed by atoms with E-state index in [9.17, 15) is 18.8 Å². The summed E-state index contributed by atoms with van der Waals surface area (Å²) >= 11 is 0. The number of nitrogens with zero attached hydrogens (tertiary/aromatic N) is 3. The van der Waals surface area contributed by atoms with Crippen molar-refractivity contribution < 1.29 is 9.18 Å². The van der Waals surface area contributed by atoms with Crippen molar-refractivity contribution in [2.75, 3.05) is 13.6 Å². The second-order valence-electron chi connectivity index (χ2n) is 11.3. The highest BCUT2D eigenvalue weighted by Gasteiger charge is 2.26. The standard InChI is InChI=1S/C34H35FN6O3/c1-3-37-18-23-12-15-26(32(42)36-2)27(16-23)24-13-10-21(11-14-24)17-29-38-30-31(39-29)40(19-22-8-9-22)34(44)41(33(30)43)20-25-6-4-5-7-28(25)35/h4-7,10-16,22,37H,3,8-9,17-20H2,1-2H3,(H,36,42)(H,38,39). The highest BCUT2D eigenvalue weighted by Crippen LogP contribution is 2.31. The summed E-state index contributed by atoms with van der Waals surface area (Å²) in [6.45, 7) is 3.91. The lowest BCUT2D eigenvalue weighted by Crippen LogP contribution is -2.40. The molecule has 1 fully saturated rings. The van der Waals surface area contributed by atoms with Gasteiger partial charge in [-0.2, -0.15) is 0 Å². The van der Waals surface area contributed by atoms with Crippen LogP contribution in [-0.4, -0.2) is 38.6 Å². The number of aromatic nitrogens is 4. The van der Waals surface area contributed by atoms with E-state index in [1.165, 1.54) is 6.07 Å². The summed E-state index contributed by atoms with van der Waals surface area (Å²) in [6, 6.07) is 19.9. The number of nitrogens with one attached hydrogen (secondary N) is 3. The fraction of sp³-hybridized carbons (Fsp3) is 0.294. The predicted octanol–water partition coefficient (Wildman–Crippen LogP) is 4.21. The van der Waals surface area contributed by atoms with Gasteiger partial charge in [0.15, 0.2) is 5.65 Å². The first-order valence-corrected chi connectivity index (χ1v) is 15.0. The van der Waals surface area contributed by atoms with Gasteiger partial charge < -0.3 is 15.6 Å². The molecule has 0 atom stereocenters. The number of carbonyl (C=O) groups excluding carboxylic acids is 1. The summed E-state index contributed by atoms with van der Waals surface area (Å²) in [5.41, 5.74) is 4.21. The smallest absolute Gasteiger partial charge is 0.333 e. The number of carbonyl (C=O) groups is 1. The Morgan fingerprint density at radius 2 is 1.77 bits per heavy atom. The second kappa shape index (κ2) is 12.4. The topological polar surface area (TPSA) is 114 Å². The molecule has 2 aromatic heterocycles. The fourth-order valence-corrected chi connectivity index (χ4v) is 5.50. The highest BCUT2D eigenvalue weighted by molar-refractivity contribution is 6.00. The Kier molecular flexibility index (Phi) is 8.25. The van der Waals surface area contributed by atoms with Gasteiger partial charge in [-0.25, -0.2) is 14.2 Å². The maximum absolute atomic E-state index is 14.4. The van der Waals surface area contributed by atoms with E-state index >= 15 is 0 Å². The molecule has 3 aromatic carbocycles. The normalized spacial score (nSPS) is 13.0. The molecular weight excluding hydrogens is 559 g/mol. The number of H-pyrrole nitrogens is 1. The van der Waals surface area contributed by atoms with Crippen LogP contribution in [0.1, 0.15) is 52.6 Å². The summed E-state index contributed by atoms with van der Waals surface area (Å²) < 4.78 is 17.1. The lowest BCUT2D eigenvalue weighted by Gasteiger charge is -2.12. The quantitative estimate of drug-likeness (QED) is 0.212. The van der Waals surface area contributed by atoms with Gasteiger partial charge in [-0.3, -0.25) is 18.7 Å². The van der Waals surface area contributed by atoms with E-state index in [1.807, 2.05) is 49.4 Å². The first kappa shape index (κ1) is 29.3. The third kappa shape index (κ3) is 5.98. The average Bonchev–Trinajstić information content (AvgIpc) is 3.77. The SMILES string of the molecule is CCNCc1ccc(C(=O)NC)c(-c2ccc(Cc3nc4c([nH]3)c(=O)n(Cc3ccccc3F)c(=O)n4CC3CC3)cc2)c1. The number of aromatic amines is 1. The molecule has 44 heavy (non-hydrogen) atoms. The summed E-state index contributed by atoms with van der Waals surface area (Å²) in [5.74, 6) is 0.294. The minimum absolute atomic E-state index is 0.153. The van der Waals surface area contributed by atoms with Gasteiger partial charge in [0.05, 0.1) is 6.54 Å². The van der Waals surface area contributed by atoms with Gasteiger partial charge in [-0.05, 0) is 65.8 Å². The van der Waals surface area contributed by atoms with E-state index in [0.717, 1.165) is 46.2 Å². The monoisotopic (exact) mass is 594 g/mol. The average molecular weight is 595 g/mol. The number of benzene rings is 3. The summed E-state index contributed by atoms with van der Waals surface area (Å²) in [4.78, 5) is 47.5. The maximum atomic E-state index is 14.4. The number of halogens is 1. The molecule has 1 amide bonds. The first-order valence-electron chi connectivity index (χ1n) is 15.0. The Bertz CT molecular complexity index is 1950. The summed E-state index contributed by atoms with van der Waals surface area (Å²) in [7, 11) is 1.62. The van der Waals surface area contributed by atoms with Crippen molar-refractivity contribution in [2.24, 2.45) is 5.92 Å². The van der Waals surface area contributed by atoms with Crippen molar-refractivity contribution in [2.45, 2.75) is 45.8 Å². The Balaban J connectivity index is 1.33. The van der Waals surface area contributed by atoms with E-state index in [1.54, 1.807) is 29.8 Å². The van der Waals surface area contributed by atoms with Crippen LogP contribution >= 0.6 is 0 Å². The number of hydrogen-bond donors (Lipinski definition) is 3. The van der Waals surface area contributed by atoms with Crippen LogP contribution in [0.2, 0.25) is 0 Å². The molecule has 0 unspecified atom stereocenters. The van der Waals surface area contributed by atoms with Gasteiger partial charge in [-0.1, -0.05) is 55.5 Å². The summed E-state index contributed by atoms with van der Waals surface area (Å²) in [6.07, 6.45) is 2.44. The number of hydrogen-bond acceptors (Lipinski definition) is 5. The molecular formula is C34H35FN6O3. The van der Waals surface area contributed by atoms with Crippen LogP contribution in [0, 0.1) is 11.7 Å². The highest BCUT2D eigenvalue weighted by atomic mass is 19.1. The van der Waals surface area contributed by atoms with E-state index in [-0.39, 0.29) is 23.5 Å². The summed E-state index contributed by atoms with van der Waals surface area (Å²) in [5, 5.41) is 6.05. The molecule has 10 heteroatoms. The molecule has 0 spiro atoms. The van der Waals surface area contributed by atoms with Crippen LogP contribution < -0.4 is 21.9 Å². The molecule has 1 saturated carbocycles. The van der Waals surface area contributed by atoms with Crippen molar-refractivity contribution in [3.63, 3.8) is 0 Å². The molecule has 5 aromatic rings. The molecule has 1 aliphatic carbocycles. The Hall–Kier alpha value is -4.83.